The van der Waals surface area contributed by atoms with Crippen LogP contribution < -0.4 is 5.32 Å². The van der Waals surface area contributed by atoms with E-state index in [1.54, 1.807) is 6.08 Å². The molecule has 2 unspecified atom stereocenters. The molecule has 2 atom stereocenters. The highest BCUT2D eigenvalue weighted by molar-refractivity contribution is 5.76. The van der Waals surface area contributed by atoms with Crippen molar-refractivity contribution in [1.29, 1.82) is 0 Å². The maximum atomic E-state index is 12.5. The highest BCUT2D eigenvalue weighted by Gasteiger charge is 2.18. The van der Waals surface area contributed by atoms with Crippen molar-refractivity contribution >= 4 is 5.91 Å². The Morgan fingerprint density at radius 3 is 0.765 bits per heavy atom. The minimum Gasteiger partial charge on any atom is -0.394 e. The van der Waals surface area contributed by atoms with E-state index in [1.165, 1.54) is 327 Å². The SMILES string of the molecule is CCCCCCCCCCCCCCCCCCCCCCCCCCC/C=C/C(O)C(CO)NC(=O)CCCCCCCCCCCCCCCCCCCCCCCCCCCCCCC. The molecule has 1 amide bonds. The molecule has 0 saturated carbocycles. The lowest BCUT2D eigenvalue weighted by atomic mass is 10.0. The van der Waals surface area contributed by atoms with Crippen LogP contribution in [0.4, 0.5) is 0 Å². The van der Waals surface area contributed by atoms with E-state index in [-0.39, 0.29) is 12.5 Å². The summed E-state index contributed by atoms with van der Waals surface area (Å²) in [6.45, 7) is 4.36. The first-order valence-electron chi connectivity index (χ1n) is 31.9. The second-order valence-electron chi connectivity index (χ2n) is 22.2. The second kappa shape index (κ2) is 60.4. The second-order valence-corrected chi connectivity index (χ2v) is 22.2. The molecular weight excluding hydrogens is 831 g/mol. The quantitative estimate of drug-likeness (QED) is 0.0420. The predicted octanol–water partition coefficient (Wildman–Crippen LogP) is 21.3. The summed E-state index contributed by atoms with van der Waals surface area (Å²) in [7, 11) is 0. The third-order valence-electron chi connectivity index (χ3n) is 15.3. The smallest absolute Gasteiger partial charge is 0.220 e. The number of carbonyl (C=O) groups excluding carboxylic acids is 1. The van der Waals surface area contributed by atoms with E-state index in [4.69, 9.17) is 0 Å². The van der Waals surface area contributed by atoms with Crippen molar-refractivity contribution in [2.45, 2.75) is 386 Å². The molecule has 406 valence electrons. The number of amides is 1. The van der Waals surface area contributed by atoms with Crippen LogP contribution >= 0.6 is 0 Å². The summed E-state index contributed by atoms with van der Waals surface area (Å²) in [6, 6.07) is -0.619. The molecule has 0 rings (SSSR count). The van der Waals surface area contributed by atoms with Crippen molar-refractivity contribution in [3.63, 3.8) is 0 Å². The minimum absolute atomic E-state index is 0.0539. The molecule has 0 heterocycles. The van der Waals surface area contributed by atoms with Crippen molar-refractivity contribution in [2.24, 2.45) is 0 Å². The molecule has 0 aliphatic rings. The van der Waals surface area contributed by atoms with Crippen LogP contribution in [-0.4, -0.2) is 34.9 Å². The van der Waals surface area contributed by atoms with Crippen LogP contribution in [0.1, 0.15) is 373 Å². The van der Waals surface area contributed by atoms with Crippen LogP contribution in [0.25, 0.3) is 0 Å². The average Bonchev–Trinajstić information content (AvgIpc) is 3.34. The zero-order chi connectivity index (χ0) is 49.2. The predicted molar refractivity (Wildman–Crippen MR) is 304 cm³/mol. The molecule has 0 aliphatic heterocycles. The van der Waals surface area contributed by atoms with Gasteiger partial charge >= 0.3 is 0 Å². The molecule has 4 heteroatoms. The Morgan fingerprint density at radius 2 is 0.544 bits per heavy atom. The van der Waals surface area contributed by atoms with Crippen molar-refractivity contribution < 1.29 is 15.0 Å². The summed E-state index contributed by atoms with van der Waals surface area (Å²) in [4.78, 5) is 12.5. The van der Waals surface area contributed by atoms with Gasteiger partial charge in [-0.05, 0) is 19.3 Å². The van der Waals surface area contributed by atoms with E-state index < -0.39 is 12.1 Å². The fraction of sp³-hybridized carbons (Fsp3) is 0.953. The molecule has 0 aromatic heterocycles. The number of allylic oxidation sites excluding steroid dienone is 1. The lowest BCUT2D eigenvalue weighted by Crippen LogP contribution is -2.45. The van der Waals surface area contributed by atoms with Crippen molar-refractivity contribution in [3.8, 4) is 0 Å². The fourth-order valence-corrected chi connectivity index (χ4v) is 10.4. The van der Waals surface area contributed by atoms with Gasteiger partial charge in [-0.3, -0.25) is 4.79 Å². The molecule has 0 aromatic carbocycles. The Bertz CT molecular complexity index is 952. The molecule has 0 fully saturated rings. The van der Waals surface area contributed by atoms with Crippen LogP contribution in [0.15, 0.2) is 12.2 Å². The summed E-state index contributed by atoms with van der Waals surface area (Å²) in [5.74, 6) is -0.0539. The monoisotopic (exact) mass is 958 g/mol. The first kappa shape index (κ1) is 67.1. The minimum atomic E-state index is -0.836. The lowest BCUT2D eigenvalue weighted by molar-refractivity contribution is -0.123. The van der Waals surface area contributed by atoms with Gasteiger partial charge in [-0.2, -0.15) is 0 Å². The van der Waals surface area contributed by atoms with Crippen LogP contribution in [0.3, 0.4) is 0 Å². The molecule has 0 radical (unpaired) electrons. The third kappa shape index (κ3) is 56.0. The van der Waals surface area contributed by atoms with Gasteiger partial charge in [0.2, 0.25) is 5.91 Å². The fourth-order valence-electron chi connectivity index (χ4n) is 10.4. The van der Waals surface area contributed by atoms with Crippen molar-refractivity contribution in [2.75, 3.05) is 6.61 Å². The third-order valence-corrected chi connectivity index (χ3v) is 15.3. The zero-order valence-corrected chi connectivity index (χ0v) is 46.9. The van der Waals surface area contributed by atoms with Crippen LogP contribution in [-0.2, 0) is 4.79 Å². The van der Waals surface area contributed by atoms with Gasteiger partial charge in [0.25, 0.3) is 0 Å². The van der Waals surface area contributed by atoms with Crippen LogP contribution in [0, 0.1) is 0 Å². The molecule has 3 N–H and O–H groups in total. The standard InChI is InChI=1S/C64H127NO3/c1-3-5-7-9-11-13-15-17-19-21-23-25-27-29-31-32-34-36-38-40-42-44-46-48-50-52-54-56-58-60-64(68)65-62(61-66)63(67)59-57-55-53-51-49-47-45-43-41-39-37-35-33-30-28-26-24-22-20-18-16-14-12-10-8-6-4-2/h57,59,62-63,66-67H,3-56,58,60-61H2,1-2H3,(H,65,68)/b59-57+. The summed E-state index contributed by atoms with van der Waals surface area (Å²) < 4.78 is 0. The van der Waals surface area contributed by atoms with Gasteiger partial charge < -0.3 is 15.5 Å². The van der Waals surface area contributed by atoms with E-state index in [2.05, 4.69) is 19.2 Å². The number of aliphatic hydroxyl groups excluding tert-OH is 2. The first-order valence-corrected chi connectivity index (χ1v) is 31.9. The number of nitrogens with one attached hydrogen (secondary N) is 1. The number of aliphatic hydroxyl groups is 2. The van der Waals surface area contributed by atoms with E-state index in [9.17, 15) is 15.0 Å². The molecule has 68 heavy (non-hydrogen) atoms. The zero-order valence-electron chi connectivity index (χ0n) is 46.9. The highest BCUT2D eigenvalue weighted by atomic mass is 16.3. The number of unbranched alkanes of at least 4 members (excludes halogenated alkanes) is 53. The molecule has 0 aliphatic carbocycles. The molecule has 0 spiro atoms. The highest BCUT2D eigenvalue weighted by Crippen LogP contribution is 2.19. The average molecular weight is 959 g/mol. The van der Waals surface area contributed by atoms with Gasteiger partial charge in [-0.25, -0.2) is 0 Å². The summed E-state index contributed by atoms with van der Waals surface area (Å²) in [6.07, 6.45) is 79.9. The van der Waals surface area contributed by atoms with Crippen LogP contribution in [0.2, 0.25) is 0 Å². The van der Waals surface area contributed by atoms with Crippen molar-refractivity contribution in [3.05, 3.63) is 12.2 Å². The number of hydrogen-bond donors (Lipinski definition) is 3. The summed E-state index contributed by atoms with van der Waals surface area (Å²) >= 11 is 0. The molecule has 4 nitrogen and oxygen atoms in total. The van der Waals surface area contributed by atoms with Gasteiger partial charge in [0.05, 0.1) is 18.8 Å². The molecule has 0 bridgehead atoms. The molecular formula is C64H127NO3. The Labute approximate surface area is 428 Å². The number of rotatable bonds is 60. The lowest BCUT2D eigenvalue weighted by Gasteiger charge is -2.20. The topological polar surface area (TPSA) is 69.6 Å². The van der Waals surface area contributed by atoms with Crippen molar-refractivity contribution in [1.82, 2.24) is 5.32 Å². The Morgan fingerprint density at radius 1 is 0.338 bits per heavy atom. The van der Waals surface area contributed by atoms with Gasteiger partial charge in [-0.1, -0.05) is 360 Å². The van der Waals surface area contributed by atoms with Gasteiger partial charge in [0, 0.05) is 6.42 Å². The molecule has 0 aromatic rings. The normalized spacial score (nSPS) is 12.7. The van der Waals surface area contributed by atoms with Crippen LogP contribution in [0.5, 0.6) is 0 Å². The van der Waals surface area contributed by atoms with Gasteiger partial charge in [0.15, 0.2) is 0 Å². The van der Waals surface area contributed by atoms with E-state index >= 15 is 0 Å². The Hall–Kier alpha value is -0.870. The van der Waals surface area contributed by atoms with E-state index in [1.807, 2.05) is 6.08 Å². The maximum Gasteiger partial charge on any atom is 0.220 e. The maximum absolute atomic E-state index is 12.5. The number of carbonyl (C=O) groups is 1. The molecule has 0 saturated heterocycles. The summed E-state index contributed by atoms with van der Waals surface area (Å²) in [5, 5.41) is 23.3. The number of hydrogen-bond acceptors (Lipinski definition) is 3. The largest absolute Gasteiger partial charge is 0.394 e. The summed E-state index contributed by atoms with van der Waals surface area (Å²) in [5.41, 5.74) is 0. The Balaban J connectivity index is 3.41. The first-order chi connectivity index (χ1) is 33.7. The van der Waals surface area contributed by atoms with Gasteiger partial charge in [-0.15, -0.1) is 0 Å². The van der Waals surface area contributed by atoms with E-state index in [0.29, 0.717) is 6.42 Å². The Kier molecular flexibility index (Phi) is 59.7. The van der Waals surface area contributed by atoms with Gasteiger partial charge in [0.1, 0.15) is 0 Å². The van der Waals surface area contributed by atoms with E-state index in [0.717, 1.165) is 25.7 Å².